The van der Waals surface area contributed by atoms with Gasteiger partial charge in [-0.15, -0.1) is 0 Å². The molecule has 0 aromatic heterocycles. The summed E-state index contributed by atoms with van der Waals surface area (Å²) in [5, 5.41) is 13.1. The van der Waals surface area contributed by atoms with Gasteiger partial charge in [-0.2, -0.15) is 5.10 Å². The molecular weight excluding hydrogens is 599 g/mol. The minimum atomic E-state index is -2.68. The summed E-state index contributed by atoms with van der Waals surface area (Å²) < 4.78 is 0. The lowest BCUT2D eigenvalue weighted by Gasteiger charge is -2.35. The maximum absolute atomic E-state index is 5.42. The average molecular weight is 642 g/mol. The van der Waals surface area contributed by atoms with Gasteiger partial charge in [-0.3, -0.25) is 0 Å². The van der Waals surface area contributed by atoms with E-state index in [0.717, 1.165) is 17.1 Å². The number of hydrogen-bond acceptors (Lipinski definition) is 3. The monoisotopic (exact) mass is 641 g/mol. The van der Waals surface area contributed by atoms with Gasteiger partial charge in [-0.25, -0.2) is 5.01 Å². The Balaban J connectivity index is 1.42. The summed E-state index contributed by atoms with van der Waals surface area (Å²) in [7, 11) is -2.68. The molecule has 1 aliphatic rings. The summed E-state index contributed by atoms with van der Waals surface area (Å²) >= 11 is 0. The highest BCUT2D eigenvalue weighted by Crippen LogP contribution is 2.38. The molecule has 6 aromatic rings. The molecule has 6 aromatic carbocycles. The van der Waals surface area contributed by atoms with Crippen LogP contribution in [0.4, 0.5) is 11.4 Å². The van der Waals surface area contributed by atoms with Crippen molar-refractivity contribution in [2.45, 2.75) is 39.5 Å². The number of amidine groups is 1. The van der Waals surface area contributed by atoms with Crippen LogP contribution in [0.25, 0.3) is 0 Å². The highest BCUT2D eigenvalue weighted by atomic mass is 28.3. The third-order valence-electron chi connectivity index (χ3n) is 9.59. The predicted molar refractivity (Wildman–Crippen MR) is 207 cm³/mol. The number of rotatable bonds is 9. The Hall–Kier alpha value is -5.19. The van der Waals surface area contributed by atoms with E-state index >= 15 is 0 Å². The third-order valence-corrected chi connectivity index (χ3v) is 14.4. The van der Waals surface area contributed by atoms with Crippen molar-refractivity contribution in [3.05, 3.63) is 180 Å². The minimum Gasteiger partial charge on any atom is -0.304 e. The molecule has 0 bridgehead atoms. The average Bonchev–Trinajstić information content (AvgIpc) is 3.59. The number of hydrogen-bond donors (Lipinski definition) is 0. The van der Waals surface area contributed by atoms with E-state index in [1.165, 1.54) is 37.6 Å². The van der Waals surface area contributed by atoms with Crippen molar-refractivity contribution in [2.75, 3.05) is 16.6 Å². The molecule has 7 rings (SSSR count). The Morgan fingerprint density at radius 3 is 1.42 bits per heavy atom. The van der Waals surface area contributed by atoms with Crippen LogP contribution < -0.4 is 30.7 Å². The summed E-state index contributed by atoms with van der Waals surface area (Å²) in [5.74, 6) is 1.73. The van der Waals surface area contributed by atoms with E-state index in [9.17, 15) is 0 Å². The van der Waals surface area contributed by atoms with E-state index < -0.39 is 8.07 Å². The molecule has 0 saturated carbocycles. The van der Waals surface area contributed by atoms with Gasteiger partial charge in [0.25, 0.3) is 0 Å². The van der Waals surface area contributed by atoms with Crippen molar-refractivity contribution in [2.24, 2.45) is 5.10 Å². The molecule has 0 spiro atoms. The van der Waals surface area contributed by atoms with Crippen LogP contribution in [0.15, 0.2) is 169 Å². The number of nitrogens with zero attached hydrogens (tertiary/aromatic N) is 3. The van der Waals surface area contributed by atoms with Crippen LogP contribution in [0.2, 0.25) is 0 Å². The highest BCUT2D eigenvalue weighted by Gasteiger charge is 2.42. The van der Waals surface area contributed by atoms with E-state index in [1.807, 2.05) is 0 Å². The summed E-state index contributed by atoms with van der Waals surface area (Å²) in [5.41, 5.74) is 6.20. The maximum Gasteiger partial charge on any atom is 0.179 e. The zero-order valence-corrected chi connectivity index (χ0v) is 29.3. The van der Waals surface area contributed by atoms with Crippen LogP contribution >= 0.6 is 0 Å². The summed E-state index contributed by atoms with van der Waals surface area (Å²) in [4.78, 5) is 2.45. The molecule has 0 fully saturated rings. The van der Waals surface area contributed by atoms with Crippen molar-refractivity contribution in [1.82, 2.24) is 0 Å². The Kier molecular flexibility index (Phi) is 8.83. The van der Waals surface area contributed by atoms with Crippen molar-refractivity contribution in [1.29, 1.82) is 0 Å². The first-order valence-electron chi connectivity index (χ1n) is 17.1. The van der Waals surface area contributed by atoms with Gasteiger partial charge in [0.1, 0.15) is 6.67 Å². The van der Waals surface area contributed by atoms with Gasteiger partial charge < -0.3 is 4.90 Å². The predicted octanol–water partition coefficient (Wildman–Crippen LogP) is 7.96. The smallest absolute Gasteiger partial charge is 0.179 e. The lowest BCUT2D eigenvalue weighted by Crippen LogP contribution is -2.74. The molecule has 0 atom stereocenters. The maximum atomic E-state index is 5.42. The Morgan fingerprint density at radius 2 is 0.938 bits per heavy atom. The van der Waals surface area contributed by atoms with Crippen molar-refractivity contribution in [3.63, 3.8) is 0 Å². The van der Waals surface area contributed by atoms with Gasteiger partial charge in [0.15, 0.2) is 13.9 Å². The molecule has 1 heterocycles. The summed E-state index contributed by atoms with van der Waals surface area (Å²) in [6, 6.07) is 60.0. The van der Waals surface area contributed by atoms with Crippen molar-refractivity contribution < 1.29 is 0 Å². The second-order valence-electron chi connectivity index (χ2n) is 13.3. The Morgan fingerprint density at radius 1 is 0.500 bits per heavy atom. The molecule has 4 heteroatoms. The van der Waals surface area contributed by atoms with Gasteiger partial charge in [0, 0.05) is 5.56 Å². The van der Waals surface area contributed by atoms with Crippen LogP contribution in [-0.4, -0.2) is 20.6 Å². The lowest BCUT2D eigenvalue weighted by atomic mass is 9.91. The van der Waals surface area contributed by atoms with Crippen LogP contribution in [0.5, 0.6) is 0 Å². The summed E-state index contributed by atoms with van der Waals surface area (Å²) in [6.07, 6.45) is 0. The number of anilines is 2. The van der Waals surface area contributed by atoms with Crippen molar-refractivity contribution in [3.8, 4) is 0 Å². The molecule has 0 N–H and O–H groups in total. The quantitative estimate of drug-likeness (QED) is 0.118. The van der Waals surface area contributed by atoms with E-state index in [2.05, 4.69) is 201 Å². The number of para-hydroxylation sites is 1. The molecule has 0 radical (unpaired) electrons. The van der Waals surface area contributed by atoms with Crippen LogP contribution in [0, 0.1) is 0 Å². The zero-order valence-electron chi connectivity index (χ0n) is 28.3. The first-order valence-corrected chi connectivity index (χ1v) is 19.1. The molecule has 0 aliphatic carbocycles. The third kappa shape index (κ3) is 5.67. The van der Waals surface area contributed by atoms with E-state index in [-0.39, 0.29) is 0 Å². The molecule has 3 nitrogen and oxygen atoms in total. The van der Waals surface area contributed by atoms with Gasteiger partial charge >= 0.3 is 0 Å². The first kappa shape index (κ1) is 31.4. The minimum absolute atomic E-state index is 0.377. The molecule has 48 heavy (non-hydrogen) atoms. The van der Waals surface area contributed by atoms with E-state index in [1.54, 1.807) is 0 Å². The van der Waals surface area contributed by atoms with Crippen LogP contribution in [-0.2, 0) is 0 Å². The van der Waals surface area contributed by atoms with Gasteiger partial charge in [0.05, 0.1) is 11.4 Å². The topological polar surface area (TPSA) is 18.8 Å². The molecule has 0 amide bonds. The molecular formula is C44H43N3Si. The van der Waals surface area contributed by atoms with Crippen LogP contribution in [0.1, 0.15) is 56.2 Å². The second kappa shape index (κ2) is 13.5. The lowest BCUT2D eigenvalue weighted by molar-refractivity contribution is 0.816. The van der Waals surface area contributed by atoms with Gasteiger partial charge in [0.2, 0.25) is 0 Å². The fourth-order valence-electron chi connectivity index (χ4n) is 7.31. The molecule has 0 unspecified atom stereocenters. The second-order valence-corrected chi connectivity index (χ2v) is 17.1. The highest BCUT2D eigenvalue weighted by molar-refractivity contribution is 7.19. The number of benzene rings is 6. The summed E-state index contributed by atoms with van der Waals surface area (Å²) in [6.45, 7) is 9.80. The van der Waals surface area contributed by atoms with E-state index in [0.29, 0.717) is 18.5 Å². The van der Waals surface area contributed by atoms with E-state index in [4.69, 9.17) is 5.10 Å². The normalized spacial score (nSPS) is 13.3. The zero-order chi connectivity index (χ0) is 33.1. The molecule has 238 valence electrons. The Labute approximate surface area is 286 Å². The number of hydrazone groups is 1. The standard InChI is InChI=1S/C44H43N3Si/c1-33(2)41-29-18-30-42(34(3)4)43(41)46-32-47(45-44(46)35-19-9-5-10-20-35)36-21-17-28-40(31-36)48(37-22-11-6-12-23-37,38-24-13-7-14-25-38)39-26-15-8-16-27-39/h5-31,33-34H,32H2,1-4H3. The molecule has 0 saturated heterocycles. The fourth-order valence-corrected chi connectivity index (χ4v) is 12.1. The first-order chi connectivity index (χ1) is 23.5. The SMILES string of the molecule is CC(C)c1cccc(C(C)C)c1N1CN(c2cccc([Si](c3ccccc3)(c3ccccc3)c3ccccc3)c2)N=C1c1ccccc1. The molecule has 1 aliphatic heterocycles. The van der Waals surface area contributed by atoms with Gasteiger partial charge in [-0.05, 0) is 55.8 Å². The Bertz CT molecular complexity index is 1880. The largest absolute Gasteiger partial charge is 0.304 e. The van der Waals surface area contributed by atoms with Crippen LogP contribution in [0.3, 0.4) is 0 Å². The fraction of sp³-hybridized carbons (Fsp3) is 0.159. The van der Waals surface area contributed by atoms with Gasteiger partial charge in [-0.1, -0.05) is 179 Å². The van der Waals surface area contributed by atoms with Crippen molar-refractivity contribution >= 4 is 46.0 Å².